The minimum absolute atomic E-state index is 0.0695. The molecule has 2 aliphatic heterocycles. The quantitative estimate of drug-likeness (QED) is 0.522. The molecule has 1 saturated heterocycles. The zero-order chi connectivity index (χ0) is 26.1. The molecule has 2 aromatic heterocycles. The molecule has 0 bridgehead atoms. The van der Waals surface area contributed by atoms with E-state index in [9.17, 15) is 23.9 Å². The number of amides is 2. The minimum atomic E-state index is -0.909. The first-order valence-electron chi connectivity index (χ1n) is 11.9. The molecule has 2 N–H and O–H groups in total. The summed E-state index contributed by atoms with van der Waals surface area (Å²) in [6.07, 6.45) is 3.46. The van der Waals surface area contributed by atoms with Crippen LogP contribution in [0, 0.1) is 5.82 Å². The SMILES string of the molecule is COc1ccc(CN2CCCN3C(=O)c4c(O)c(=O)c(C(=O)NCc5ccc(F)cc5)cn4CC23)cn1. The Morgan fingerprint density at radius 1 is 1.16 bits per heavy atom. The molecule has 1 unspecified atom stereocenters. The molecule has 2 amide bonds. The van der Waals surface area contributed by atoms with E-state index in [2.05, 4.69) is 15.2 Å². The number of carbonyl (C=O) groups excluding carboxylic acids is 2. The molecule has 0 spiro atoms. The highest BCUT2D eigenvalue weighted by Gasteiger charge is 2.40. The summed E-state index contributed by atoms with van der Waals surface area (Å²) in [5.74, 6) is -1.78. The number of fused-ring (bicyclic) bond motifs is 2. The fourth-order valence-corrected chi connectivity index (χ4v) is 4.81. The number of methoxy groups -OCH3 is 1. The zero-order valence-corrected chi connectivity index (χ0v) is 20.2. The Morgan fingerprint density at radius 2 is 1.92 bits per heavy atom. The van der Waals surface area contributed by atoms with Crippen LogP contribution in [0.25, 0.3) is 0 Å². The molecule has 37 heavy (non-hydrogen) atoms. The monoisotopic (exact) mass is 507 g/mol. The van der Waals surface area contributed by atoms with Crippen molar-refractivity contribution in [2.75, 3.05) is 20.2 Å². The predicted octanol–water partition coefficient (Wildman–Crippen LogP) is 1.71. The Bertz CT molecular complexity index is 1390. The summed E-state index contributed by atoms with van der Waals surface area (Å²) in [5, 5.41) is 13.3. The first kappa shape index (κ1) is 24.4. The topological polar surface area (TPSA) is 117 Å². The van der Waals surface area contributed by atoms with Gasteiger partial charge in [-0.2, -0.15) is 0 Å². The van der Waals surface area contributed by atoms with Gasteiger partial charge in [-0.05, 0) is 29.7 Å². The molecule has 0 radical (unpaired) electrons. The number of rotatable bonds is 6. The summed E-state index contributed by atoms with van der Waals surface area (Å²) < 4.78 is 19.7. The molecule has 10 nitrogen and oxygen atoms in total. The number of hydrogen-bond donors (Lipinski definition) is 2. The molecule has 11 heteroatoms. The van der Waals surface area contributed by atoms with E-state index in [0.717, 1.165) is 18.5 Å². The minimum Gasteiger partial charge on any atom is -0.503 e. The first-order valence-corrected chi connectivity index (χ1v) is 11.9. The first-order chi connectivity index (χ1) is 17.9. The molecule has 0 saturated carbocycles. The number of aromatic nitrogens is 2. The second-order valence-corrected chi connectivity index (χ2v) is 9.04. The van der Waals surface area contributed by atoms with Crippen LogP contribution < -0.4 is 15.5 Å². The average Bonchev–Trinajstić information content (AvgIpc) is 2.91. The number of pyridine rings is 2. The van der Waals surface area contributed by atoms with Gasteiger partial charge in [0.2, 0.25) is 11.3 Å². The van der Waals surface area contributed by atoms with Gasteiger partial charge in [-0.25, -0.2) is 9.37 Å². The standard InChI is InChI=1S/C26H26FN5O5/c1-37-20-8-5-17(12-28-20)13-30-9-2-10-32-21(30)15-31-14-19(23(33)24(34)22(31)26(32)36)25(35)29-11-16-3-6-18(27)7-4-16/h3-8,12,14,21,34H,2,9-11,13,15H2,1H3,(H,29,35). The van der Waals surface area contributed by atoms with Crippen LogP contribution in [0.5, 0.6) is 11.6 Å². The summed E-state index contributed by atoms with van der Waals surface area (Å²) in [6.45, 7) is 2.12. The van der Waals surface area contributed by atoms with E-state index in [1.54, 1.807) is 24.3 Å². The summed E-state index contributed by atoms with van der Waals surface area (Å²) >= 11 is 0. The molecule has 4 heterocycles. The van der Waals surface area contributed by atoms with Gasteiger partial charge >= 0.3 is 0 Å². The van der Waals surface area contributed by atoms with Crippen molar-refractivity contribution < 1.29 is 23.8 Å². The van der Waals surface area contributed by atoms with E-state index >= 15 is 0 Å². The fourth-order valence-electron chi connectivity index (χ4n) is 4.81. The van der Waals surface area contributed by atoms with Crippen LogP contribution in [0.2, 0.25) is 0 Å². The number of ether oxygens (including phenoxy) is 1. The second-order valence-electron chi connectivity index (χ2n) is 9.04. The number of halogens is 1. The molecule has 3 aromatic rings. The molecule has 1 atom stereocenters. The number of aromatic hydroxyl groups is 1. The van der Waals surface area contributed by atoms with Crippen molar-refractivity contribution in [2.24, 2.45) is 0 Å². The van der Waals surface area contributed by atoms with E-state index in [0.29, 0.717) is 24.5 Å². The normalized spacial score (nSPS) is 17.2. The average molecular weight is 508 g/mol. The summed E-state index contributed by atoms with van der Waals surface area (Å²) in [6, 6.07) is 9.28. The van der Waals surface area contributed by atoms with Gasteiger partial charge in [0.05, 0.1) is 13.7 Å². The van der Waals surface area contributed by atoms with Crippen molar-refractivity contribution in [1.29, 1.82) is 0 Å². The lowest BCUT2D eigenvalue weighted by Gasteiger charge is -2.47. The Balaban J connectivity index is 1.39. The van der Waals surface area contributed by atoms with Crippen molar-refractivity contribution in [3.63, 3.8) is 0 Å². The Hall–Kier alpha value is -4.25. The molecule has 5 rings (SSSR count). The van der Waals surface area contributed by atoms with Crippen LogP contribution in [-0.2, 0) is 19.6 Å². The highest BCUT2D eigenvalue weighted by atomic mass is 19.1. The number of nitrogens with one attached hydrogen (secondary N) is 1. The van der Waals surface area contributed by atoms with Gasteiger partial charge in [0.1, 0.15) is 17.5 Å². The maximum Gasteiger partial charge on any atom is 0.275 e. The Morgan fingerprint density at radius 3 is 2.62 bits per heavy atom. The van der Waals surface area contributed by atoms with E-state index in [4.69, 9.17) is 4.74 Å². The van der Waals surface area contributed by atoms with Crippen LogP contribution in [0.4, 0.5) is 4.39 Å². The van der Waals surface area contributed by atoms with Gasteiger partial charge in [0, 0.05) is 44.6 Å². The van der Waals surface area contributed by atoms with Crippen LogP contribution in [-0.4, -0.2) is 62.6 Å². The van der Waals surface area contributed by atoms with E-state index in [1.807, 2.05) is 6.07 Å². The maximum absolute atomic E-state index is 13.3. The van der Waals surface area contributed by atoms with Gasteiger partial charge in [-0.3, -0.25) is 19.3 Å². The van der Waals surface area contributed by atoms with E-state index in [-0.39, 0.29) is 30.5 Å². The molecule has 0 aliphatic carbocycles. The van der Waals surface area contributed by atoms with E-state index in [1.165, 1.54) is 35.0 Å². The molecule has 1 fully saturated rings. The van der Waals surface area contributed by atoms with Crippen LogP contribution in [0.15, 0.2) is 53.6 Å². The number of hydrogen-bond acceptors (Lipinski definition) is 7. The lowest BCUT2D eigenvalue weighted by atomic mass is 10.1. The number of benzene rings is 1. The Labute approximate surface area is 211 Å². The molecule has 1 aromatic carbocycles. The van der Waals surface area contributed by atoms with Crippen molar-refractivity contribution in [3.05, 3.63) is 87.2 Å². The van der Waals surface area contributed by atoms with Gasteiger partial charge in [-0.1, -0.05) is 18.2 Å². The number of carbonyl (C=O) groups is 2. The van der Waals surface area contributed by atoms with Crippen molar-refractivity contribution in [1.82, 2.24) is 24.7 Å². The third-order valence-electron chi connectivity index (χ3n) is 6.71. The molecule has 192 valence electrons. The van der Waals surface area contributed by atoms with Crippen molar-refractivity contribution >= 4 is 11.8 Å². The summed E-state index contributed by atoms with van der Waals surface area (Å²) in [5.41, 5.74) is 0.293. The van der Waals surface area contributed by atoms with Crippen LogP contribution >= 0.6 is 0 Å². The zero-order valence-electron chi connectivity index (χ0n) is 20.2. The highest BCUT2D eigenvalue weighted by Crippen LogP contribution is 2.29. The fraction of sp³-hybridized carbons (Fsp3) is 0.308. The Kier molecular flexibility index (Phi) is 6.62. The maximum atomic E-state index is 13.3. The smallest absolute Gasteiger partial charge is 0.275 e. The van der Waals surface area contributed by atoms with Gasteiger partial charge < -0.3 is 24.6 Å². The van der Waals surface area contributed by atoms with E-state index < -0.39 is 28.8 Å². The molecule has 2 aliphatic rings. The van der Waals surface area contributed by atoms with Crippen LogP contribution in [0.1, 0.15) is 38.4 Å². The van der Waals surface area contributed by atoms with Gasteiger partial charge in [-0.15, -0.1) is 0 Å². The second kappa shape index (κ2) is 10.0. The van der Waals surface area contributed by atoms with Crippen LogP contribution in [0.3, 0.4) is 0 Å². The van der Waals surface area contributed by atoms with Crippen molar-refractivity contribution in [2.45, 2.75) is 32.2 Å². The molecular weight excluding hydrogens is 481 g/mol. The predicted molar refractivity (Wildman–Crippen MR) is 131 cm³/mol. The highest BCUT2D eigenvalue weighted by molar-refractivity contribution is 5.99. The number of nitrogens with zero attached hydrogens (tertiary/aromatic N) is 4. The third-order valence-corrected chi connectivity index (χ3v) is 6.71. The summed E-state index contributed by atoms with van der Waals surface area (Å²) in [4.78, 5) is 47.0. The summed E-state index contributed by atoms with van der Waals surface area (Å²) in [7, 11) is 1.55. The lowest BCUT2D eigenvalue weighted by molar-refractivity contribution is -0.0140. The van der Waals surface area contributed by atoms with Gasteiger partial charge in [0.25, 0.3) is 11.8 Å². The lowest BCUT2D eigenvalue weighted by Crippen LogP contribution is -2.60. The molecular formula is C26H26FN5O5. The third kappa shape index (κ3) is 4.77. The van der Waals surface area contributed by atoms with Gasteiger partial charge in [0.15, 0.2) is 11.4 Å². The van der Waals surface area contributed by atoms with Crippen molar-refractivity contribution in [3.8, 4) is 11.6 Å². The largest absolute Gasteiger partial charge is 0.503 e.